The summed E-state index contributed by atoms with van der Waals surface area (Å²) in [6.45, 7) is 1.45. The van der Waals surface area contributed by atoms with Crippen LogP contribution in [0.3, 0.4) is 0 Å². The summed E-state index contributed by atoms with van der Waals surface area (Å²) < 4.78 is 33.8. The first-order chi connectivity index (χ1) is 19.7. The van der Waals surface area contributed by atoms with Gasteiger partial charge in [-0.3, -0.25) is 14.4 Å². The van der Waals surface area contributed by atoms with Crippen LogP contribution in [0.2, 0.25) is 0 Å². The molecule has 11 nitrogen and oxygen atoms in total. The van der Waals surface area contributed by atoms with E-state index in [1.165, 1.54) is 34.4 Å². The molecule has 0 spiro atoms. The van der Waals surface area contributed by atoms with Crippen molar-refractivity contribution in [2.24, 2.45) is 0 Å². The highest BCUT2D eigenvalue weighted by Gasteiger charge is 2.55. The van der Waals surface area contributed by atoms with Crippen molar-refractivity contribution in [3.63, 3.8) is 0 Å². The molecule has 2 saturated heterocycles. The van der Waals surface area contributed by atoms with Crippen molar-refractivity contribution in [3.8, 4) is 0 Å². The smallest absolute Gasteiger partial charge is 0.323 e. The van der Waals surface area contributed by atoms with Gasteiger partial charge in [0, 0.05) is 40.9 Å². The van der Waals surface area contributed by atoms with Gasteiger partial charge < -0.3 is 19.8 Å². The van der Waals surface area contributed by atoms with Gasteiger partial charge in [0.1, 0.15) is 17.7 Å². The number of benzene rings is 1. The maximum absolute atomic E-state index is 14.0. The van der Waals surface area contributed by atoms with Crippen molar-refractivity contribution < 1.29 is 31.9 Å². The molecule has 2 aliphatic rings. The Morgan fingerprint density at radius 3 is 2.68 bits per heavy atom. The number of aromatic nitrogens is 1. The Kier molecular flexibility index (Phi) is 6.88. The minimum Gasteiger partial charge on any atom is -0.618 e. The van der Waals surface area contributed by atoms with Gasteiger partial charge in [0.05, 0.1) is 12.6 Å². The van der Waals surface area contributed by atoms with Crippen molar-refractivity contribution in [2.45, 2.75) is 42.9 Å². The fourth-order valence-electron chi connectivity index (χ4n) is 5.72. The summed E-state index contributed by atoms with van der Waals surface area (Å²) in [7, 11) is -4.29. The Bertz CT molecular complexity index is 1770. The monoisotopic (exact) mass is 594 g/mol. The summed E-state index contributed by atoms with van der Waals surface area (Å²) in [4.78, 5) is 42.8. The Hall–Kier alpha value is -4.07. The van der Waals surface area contributed by atoms with Crippen LogP contribution in [0.15, 0.2) is 75.6 Å². The highest BCUT2D eigenvalue weighted by molar-refractivity contribution is 7.89. The molecule has 41 heavy (non-hydrogen) atoms. The third-order valence-electron chi connectivity index (χ3n) is 7.66. The number of para-hydroxylation sites is 1. The maximum Gasteiger partial charge on any atom is 0.323 e. The molecule has 3 atom stereocenters. The van der Waals surface area contributed by atoms with Crippen LogP contribution in [0, 0.1) is 12.1 Å². The summed E-state index contributed by atoms with van der Waals surface area (Å²) in [5.74, 6) is -1.39. The number of amides is 2. The third kappa shape index (κ3) is 4.69. The topological polar surface area (TPSA) is 144 Å². The fourth-order valence-corrected chi connectivity index (χ4v) is 8.12. The van der Waals surface area contributed by atoms with E-state index in [4.69, 9.17) is 4.42 Å². The number of fused-ring (bicyclic) bond motifs is 2. The van der Waals surface area contributed by atoms with Crippen molar-refractivity contribution in [3.05, 3.63) is 87.6 Å². The van der Waals surface area contributed by atoms with Gasteiger partial charge in [0.15, 0.2) is 17.7 Å². The first-order valence-electron chi connectivity index (χ1n) is 13.0. The predicted octanol–water partition coefficient (Wildman–Crippen LogP) is 2.02. The minimum absolute atomic E-state index is 0.0949. The number of Topliss-reactive ketones (excluding diaryl/α,β-unsaturated/α-hetero) is 1. The molecule has 0 radical (unpaired) electrons. The van der Waals surface area contributed by atoms with Gasteiger partial charge in [0.25, 0.3) is 5.91 Å². The second-order valence-electron chi connectivity index (χ2n) is 10.1. The van der Waals surface area contributed by atoms with E-state index in [1.54, 1.807) is 19.1 Å². The average Bonchev–Trinajstić information content (AvgIpc) is 3.74. The number of likely N-dealkylation sites (tertiary alicyclic amines) is 1. The summed E-state index contributed by atoms with van der Waals surface area (Å²) >= 11 is 1.43. The highest BCUT2D eigenvalue weighted by atomic mass is 32.2. The molecule has 1 N–H and O–H groups in total. The van der Waals surface area contributed by atoms with Crippen LogP contribution in [-0.2, 0) is 26.0 Å². The number of pyridine rings is 1. The molecular weight excluding hydrogens is 568 g/mol. The van der Waals surface area contributed by atoms with Gasteiger partial charge in [-0.25, -0.2) is 8.42 Å². The molecule has 4 aromatic rings. The average molecular weight is 595 g/mol. The zero-order valence-corrected chi connectivity index (χ0v) is 23.6. The first-order valence-corrected chi connectivity index (χ1v) is 15.3. The lowest BCUT2D eigenvalue weighted by atomic mass is 10.1. The number of sulfonamides is 1. The Morgan fingerprint density at radius 2 is 1.95 bits per heavy atom. The van der Waals surface area contributed by atoms with Gasteiger partial charge in [-0.05, 0) is 36.9 Å². The van der Waals surface area contributed by atoms with Crippen LogP contribution in [-0.4, -0.2) is 66.4 Å². The Morgan fingerprint density at radius 1 is 1.17 bits per heavy atom. The van der Waals surface area contributed by atoms with E-state index in [2.05, 4.69) is 5.32 Å². The normalized spacial score (nSPS) is 19.9. The quantitative estimate of drug-likeness (QED) is 0.255. The van der Waals surface area contributed by atoms with Gasteiger partial charge in [-0.1, -0.05) is 24.3 Å². The number of nitrogens with one attached hydrogen (secondary N) is 1. The minimum atomic E-state index is -4.29. The van der Waals surface area contributed by atoms with Crippen LogP contribution in [0.1, 0.15) is 27.4 Å². The van der Waals surface area contributed by atoms with E-state index < -0.39 is 57.3 Å². The molecule has 2 aliphatic heterocycles. The first kappa shape index (κ1) is 27.1. The fraction of sp³-hybridized carbons (Fsp3) is 0.286. The largest absolute Gasteiger partial charge is 0.618 e. The molecular formula is C28H26N4O7S2. The summed E-state index contributed by atoms with van der Waals surface area (Å²) in [5.41, 5.74) is 1.19. The number of ketones is 1. The molecule has 13 heteroatoms. The predicted molar refractivity (Wildman–Crippen MR) is 148 cm³/mol. The second-order valence-corrected chi connectivity index (χ2v) is 12.9. The molecule has 0 saturated carbocycles. The Labute approximate surface area is 239 Å². The number of carbonyl (C=O) groups is 3. The molecule has 6 rings (SSSR count). The van der Waals surface area contributed by atoms with Crippen molar-refractivity contribution in [1.82, 2.24) is 14.5 Å². The second kappa shape index (κ2) is 10.4. The van der Waals surface area contributed by atoms with Crippen LogP contribution in [0.5, 0.6) is 0 Å². The highest BCUT2D eigenvalue weighted by Crippen LogP contribution is 2.34. The van der Waals surface area contributed by atoms with E-state index in [9.17, 15) is 28.0 Å². The molecule has 1 aromatic carbocycles. The number of nitrogens with zero attached hydrogens (tertiary/aromatic N) is 3. The van der Waals surface area contributed by atoms with E-state index in [0.717, 1.165) is 20.8 Å². The standard InChI is InChI=1S/C28H26N4O7S2/c1-17-19-8-2-3-9-23(19)39-26(17)27(34)29-20(15-18-7-6-14-40-18)28(35)30-13-11-21-25(30)22(33)16-32(21)41(37,38)24-10-4-5-12-31(24)36/h2-10,12,14,20-21,25H,11,13,15-16H2,1H3,(H,29,34). The summed E-state index contributed by atoms with van der Waals surface area (Å²) in [5, 5.41) is 17.2. The lowest BCUT2D eigenvalue weighted by Gasteiger charge is -2.28. The zero-order chi connectivity index (χ0) is 28.9. The van der Waals surface area contributed by atoms with Crippen molar-refractivity contribution >= 4 is 49.9 Å². The maximum atomic E-state index is 14.0. The van der Waals surface area contributed by atoms with Crippen LogP contribution >= 0.6 is 11.3 Å². The number of thiophene rings is 1. The van der Waals surface area contributed by atoms with Gasteiger partial charge in [0.2, 0.25) is 5.91 Å². The molecule has 212 valence electrons. The van der Waals surface area contributed by atoms with E-state index in [-0.39, 0.29) is 29.9 Å². The van der Waals surface area contributed by atoms with Gasteiger partial charge in [-0.15, -0.1) is 11.3 Å². The molecule has 3 aromatic heterocycles. The van der Waals surface area contributed by atoms with Crippen molar-refractivity contribution in [2.75, 3.05) is 13.1 Å². The number of rotatable bonds is 7. The number of hydrogen-bond donors (Lipinski definition) is 1. The lowest BCUT2D eigenvalue weighted by Crippen LogP contribution is -2.53. The van der Waals surface area contributed by atoms with Crippen LogP contribution < -0.4 is 10.0 Å². The van der Waals surface area contributed by atoms with Gasteiger partial charge in [-0.2, -0.15) is 9.04 Å². The Balaban J connectivity index is 1.27. The lowest BCUT2D eigenvalue weighted by molar-refractivity contribution is -0.646. The molecule has 0 bridgehead atoms. The summed E-state index contributed by atoms with van der Waals surface area (Å²) in [6.07, 6.45) is 1.48. The zero-order valence-electron chi connectivity index (χ0n) is 21.9. The number of aryl methyl sites for hydroxylation is 1. The number of furan rings is 1. The van der Waals surface area contributed by atoms with Crippen LogP contribution in [0.25, 0.3) is 11.0 Å². The van der Waals surface area contributed by atoms with E-state index in [0.29, 0.717) is 11.1 Å². The van der Waals surface area contributed by atoms with E-state index >= 15 is 0 Å². The van der Waals surface area contributed by atoms with Crippen molar-refractivity contribution in [1.29, 1.82) is 0 Å². The molecule has 2 fully saturated rings. The van der Waals surface area contributed by atoms with Gasteiger partial charge >= 0.3 is 15.0 Å². The molecule has 5 heterocycles. The number of carbonyl (C=O) groups excluding carboxylic acids is 3. The molecule has 3 unspecified atom stereocenters. The molecule has 0 aliphatic carbocycles. The summed E-state index contributed by atoms with van der Waals surface area (Å²) in [6, 6.07) is 12.1. The SMILES string of the molecule is Cc1c(C(=O)NC(Cc2cccs2)C(=O)N2CCC3C2C(=O)CN3S(=O)(=O)c2cccc[n+]2[O-])oc2ccccc12. The van der Waals surface area contributed by atoms with Crippen LogP contribution in [0.4, 0.5) is 0 Å². The molecule has 2 amide bonds. The van der Waals surface area contributed by atoms with E-state index in [1.807, 2.05) is 29.6 Å². The third-order valence-corrected chi connectivity index (χ3v) is 10.4. The number of hydrogen-bond acceptors (Lipinski definition) is 8.